The van der Waals surface area contributed by atoms with Crippen LogP contribution in [0.4, 0.5) is 22.0 Å². The molecular weight excluding hydrogens is 366 g/mol. The lowest BCUT2D eigenvalue weighted by atomic mass is 9.89. The zero-order chi connectivity index (χ0) is 20.8. The summed E-state index contributed by atoms with van der Waals surface area (Å²) >= 11 is 0. The minimum absolute atomic E-state index is 0. The number of carbonyl (C=O) groups is 1. The fraction of sp³-hybridized carbons (Fsp3) is 0.429. The molecule has 0 unspecified atom stereocenters. The number of aryl methyl sites for hydroxylation is 1. The van der Waals surface area contributed by atoms with Crippen molar-refractivity contribution >= 4 is 29.4 Å². The van der Waals surface area contributed by atoms with E-state index < -0.39 is 0 Å². The number of aromatic nitrogens is 2. The van der Waals surface area contributed by atoms with Gasteiger partial charge in [0.1, 0.15) is 5.82 Å². The van der Waals surface area contributed by atoms with Crippen LogP contribution in [0, 0.1) is 12.3 Å². The second kappa shape index (κ2) is 9.47. The highest BCUT2D eigenvalue weighted by molar-refractivity contribution is 5.92. The fourth-order valence-corrected chi connectivity index (χ4v) is 3.76. The van der Waals surface area contributed by atoms with E-state index in [1.807, 2.05) is 19.1 Å². The Bertz CT molecular complexity index is 879. The molecule has 8 heteroatoms. The van der Waals surface area contributed by atoms with E-state index >= 15 is 0 Å². The molecule has 4 N–H and O–H groups in total. The zero-order valence-corrected chi connectivity index (χ0v) is 17.2. The third-order valence-electron chi connectivity index (χ3n) is 5.22. The summed E-state index contributed by atoms with van der Waals surface area (Å²) in [6.45, 7) is 1.92. The normalized spacial score (nSPS) is 18.9. The molecule has 2 aromatic rings. The van der Waals surface area contributed by atoms with Gasteiger partial charge in [0.25, 0.3) is 0 Å². The molecule has 1 aliphatic carbocycles. The highest BCUT2D eigenvalue weighted by Crippen LogP contribution is 2.23. The van der Waals surface area contributed by atoms with Crippen LogP contribution in [0.25, 0.3) is 0 Å². The van der Waals surface area contributed by atoms with E-state index in [1.54, 1.807) is 18.5 Å². The number of pyridine rings is 2. The number of anilines is 3. The Hall–Kier alpha value is -3.00. The maximum absolute atomic E-state index is 12.5. The van der Waals surface area contributed by atoms with Gasteiger partial charge in [-0.1, -0.05) is 12.8 Å². The molecule has 2 atom stereocenters. The summed E-state index contributed by atoms with van der Waals surface area (Å²) in [5.74, 6) is 0.412. The molecule has 2 aromatic heterocycles. The molecule has 1 aliphatic rings. The Balaban J connectivity index is 0.00000240. The Morgan fingerprint density at radius 2 is 2.07 bits per heavy atom. The van der Waals surface area contributed by atoms with Gasteiger partial charge in [0.2, 0.25) is 0 Å². The zero-order valence-electron chi connectivity index (χ0n) is 17.2. The van der Waals surface area contributed by atoms with Gasteiger partial charge in [-0.3, -0.25) is 10.3 Å². The van der Waals surface area contributed by atoms with Gasteiger partial charge in [-0.25, -0.2) is 9.78 Å². The van der Waals surface area contributed by atoms with Crippen molar-refractivity contribution in [1.82, 2.24) is 20.2 Å². The fourth-order valence-electron chi connectivity index (χ4n) is 3.76. The van der Waals surface area contributed by atoms with E-state index in [-0.39, 0.29) is 14.9 Å². The first-order valence-electron chi connectivity index (χ1n) is 9.90. The van der Waals surface area contributed by atoms with Crippen molar-refractivity contribution in [2.24, 2.45) is 0 Å². The van der Waals surface area contributed by atoms with Gasteiger partial charge in [0.05, 0.1) is 11.9 Å². The highest BCUT2D eigenvalue weighted by Gasteiger charge is 2.28. The topological polar surface area (TPSA) is 106 Å². The van der Waals surface area contributed by atoms with Crippen LogP contribution in [0.1, 0.15) is 39.8 Å². The first-order valence-corrected chi connectivity index (χ1v) is 9.90. The number of hydrogen-bond acceptors (Lipinski definition) is 6. The van der Waals surface area contributed by atoms with Crippen LogP contribution in [0.3, 0.4) is 0 Å². The lowest BCUT2D eigenvalue weighted by Crippen LogP contribution is -2.52. The van der Waals surface area contributed by atoms with Crippen LogP contribution in [-0.4, -0.2) is 53.3 Å². The van der Waals surface area contributed by atoms with Gasteiger partial charge < -0.3 is 20.9 Å². The van der Waals surface area contributed by atoms with Crippen molar-refractivity contribution in [2.75, 3.05) is 24.7 Å². The van der Waals surface area contributed by atoms with Crippen LogP contribution in [0.2, 0.25) is 0 Å². The van der Waals surface area contributed by atoms with Crippen molar-refractivity contribution in [3.63, 3.8) is 0 Å². The van der Waals surface area contributed by atoms with Crippen LogP contribution >= 0.6 is 0 Å². The monoisotopic (exact) mass is 399 g/mol. The number of likely N-dealkylation sites (N-methyl/N-ethyl adjacent to an activating group) is 1. The Morgan fingerprint density at radius 3 is 2.79 bits per heavy atom. The van der Waals surface area contributed by atoms with Crippen molar-refractivity contribution in [3.05, 3.63) is 41.9 Å². The smallest absolute Gasteiger partial charge is 0.320 e. The summed E-state index contributed by atoms with van der Waals surface area (Å²) in [6.07, 6.45) is 8.96. The minimum atomic E-state index is -0.266. The average molecular weight is 400 g/mol. The number of nitrogens with one attached hydrogen (secondary N) is 4. The van der Waals surface area contributed by atoms with Gasteiger partial charge >= 0.3 is 6.03 Å². The van der Waals surface area contributed by atoms with Crippen LogP contribution in [-0.2, 0) is 0 Å². The first-order chi connectivity index (χ1) is 14.0. The number of nitrogens with zero attached hydrogens (tertiary/aromatic N) is 3. The number of carbonyl (C=O) groups excluding carboxylic acids is 1. The lowest BCUT2D eigenvalue weighted by Gasteiger charge is -2.36. The molecule has 0 bridgehead atoms. The molecule has 0 saturated heterocycles. The quantitative estimate of drug-likeness (QED) is 0.549. The van der Waals surface area contributed by atoms with Crippen LogP contribution in [0.5, 0.6) is 0 Å². The molecule has 29 heavy (non-hydrogen) atoms. The summed E-state index contributed by atoms with van der Waals surface area (Å²) in [7, 11) is 4.10. The number of hydrogen-bond donors (Lipinski definition) is 4. The van der Waals surface area contributed by atoms with Crippen LogP contribution < -0.4 is 16.0 Å². The van der Waals surface area contributed by atoms with Crippen molar-refractivity contribution in [3.8, 4) is 0 Å². The molecule has 8 nitrogen and oxygen atoms in total. The maximum Gasteiger partial charge on any atom is 0.320 e. The molecule has 2 amide bonds. The molecule has 1 fully saturated rings. The van der Waals surface area contributed by atoms with Gasteiger partial charge in [-0.05, 0) is 52.1 Å². The highest BCUT2D eigenvalue weighted by atomic mass is 16.2. The summed E-state index contributed by atoms with van der Waals surface area (Å²) in [6, 6.07) is 5.65. The number of amides is 2. The lowest BCUT2D eigenvalue weighted by molar-refractivity contribution is 0.178. The summed E-state index contributed by atoms with van der Waals surface area (Å²) < 4.78 is 0. The molecule has 158 valence electrons. The molecule has 1 saturated carbocycles. The van der Waals surface area contributed by atoms with Crippen molar-refractivity contribution in [1.29, 1.82) is 5.41 Å². The van der Waals surface area contributed by atoms with Crippen molar-refractivity contribution < 1.29 is 7.65 Å². The molecule has 2 heterocycles. The van der Waals surface area contributed by atoms with Crippen molar-refractivity contribution in [2.45, 2.75) is 44.7 Å². The second-order valence-corrected chi connectivity index (χ2v) is 7.63. The minimum Gasteiger partial charge on any atom is -0.354 e. The molecule has 3 rings (SSSR count). The van der Waals surface area contributed by atoms with Gasteiger partial charge in [-0.15, -0.1) is 0 Å². The SMILES string of the molecule is Cc1cc(Nc2cnc(NC(=O)N[C@H]3CCCC[C@@H]3N(C)C)cc2C=N)ccn1.[HH].[HH]. The third-order valence-corrected chi connectivity index (χ3v) is 5.22. The van der Waals surface area contributed by atoms with E-state index in [2.05, 4.69) is 44.9 Å². The molecule has 0 aromatic carbocycles. The summed E-state index contributed by atoms with van der Waals surface area (Å²) in [4.78, 5) is 23.2. The Kier molecular flexibility index (Phi) is 6.77. The van der Waals surface area contributed by atoms with E-state index in [0.29, 0.717) is 23.1 Å². The molecule has 0 spiro atoms. The van der Waals surface area contributed by atoms with Gasteiger partial charge in [0.15, 0.2) is 0 Å². The number of urea groups is 1. The Morgan fingerprint density at radius 1 is 1.28 bits per heavy atom. The summed E-state index contributed by atoms with van der Waals surface area (Å²) in [5, 5.41) is 16.8. The van der Waals surface area contributed by atoms with E-state index in [0.717, 1.165) is 30.6 Å². The largest absolute Gasteiger partial charge is 0.354 e. The Labute approximate surface area is 174 Å². The van der Waals surface area contributed by atoms with E-state index in [1.165, 1.54) is 12.6 Å². The molecule has 0 radical (unpaired) electrons. The standard InChI is InChI=1S/C21H29N7O.2H2/c1-14-10-16(8-9-23-14)25-18-13-24-20(11-15(18)12-22)27-21(29)26-17-6-4-5-7-19(17)28(2)3;;/h8-13,17,19,22H,4-7H2,1-3H3,(H,23,25)(H2,24,26,27,29);2*1H/t17-,19-;;/m0../s1. The third kappa shape index (κ3) is 5.51. The molecular formula is C21H33N7O. The first kappa shape index (κ1) is 20.7. The van der Waals surface area contributed by atoms with E-state index in [9.17, 15) is 4.79 Å². The van der Waals surface area contributed by atoms with Crippen LogP contribution in [0.15, 0.2) is 30.6 Å². The van der Waals surface area contributed by atoms with Gasteiger partial charge in [0, 0.05) is 44.3 Å². The maximum atomic E-state index is 12.5. The average Bonchev–Trinajstić information content (AvgIpc) is 2.69. The predicted molar refractivity (Wildman–Crippen MR) is 120 cm³/mol. The van der Waals surface area contributed by atoms with E-state index in [4.69, 9.17) is 5.41 Å². The predicted octanol–water partition coefficient (Wildman–Crippen LogP) is 4.01. The second-order valence-electron chi connectivity index (χ2n) is 7.63. The number of rotatable bonds is 6. The summed E-state index contributed by atoms with van der Waals surface area (Å²) in [5.41, 5.74) is 3.09. The molecule has 0 aliphatic heterocycles. The van der Waals surface area contributed by atoms with Gasteiger partial charge in [-0.2, -0.15) is 0 Å².